The first-order valence-electron chi connectivity index (χ1n) is 3.83. The predicted molar refractivity (Wildman–Crippen MR) is 47.7 cm³/mol. The highest BCUT2D eigenvalue weighted by atomic mass is 19.3. The smallest absolute Gasteiger partial charge is 0.387 e. The van der Waals surface area contributed by atoms with Gasteiger partial charge in [0.1, 0.15) is 5.75 Å². The first-order valence-corrected chi connectivity index (χ1v) is 3.83. The molecule has 1 aromatic carbocycles. The van der Waals surface area contributed by atoms with Crippen molar-refractivity contribution < 1.29 is 13.5 Å². The number of nitrogens with zero attached hydrogens (tertiary/aromatic N) is 1. The number of nitriles is 1. The van der Waals surface area contributed by atoms with Gasteiger partial charge in [-0.05, 0) is 23.8 Å². The third-order valence-corrected chi connectivity index (χ3v) is 1.46. The Hall–Kier alpha value is -1.89. The van der Waals surface area contributed by atoms with Crippen molar-refractivity contribution in [2.75, 3.05) is 0 Å². The number of hydrogen-bond acceptors (Lipinski definition) is 2. The zero-order valence-corrected chi connectivity index (χ0v) is 7.15. The van der Waals surface area contributed by atoms with Crippen molar-refractivity contribution >= 4 is 6.08 Å². The molecule has 1 rings (SSSR count). The largest absolute Gasteiger partial charge is 0.435 e. The summed E-state index contributed by atoms with van der Waals surface area (Å²) in [6.45, 7) is -2.81. The van der Waals surface area contributed by atoms with E-state index >= 15 is 0 Å². The van der Waals surface area contributed by atoms with Gasteiger partial charge in [0.2, 0.25) is 0 Å². The second-order valence-electron chi connectivity index (χ2n) is 2.41. The Labute approximate surface area is 80.0 Å². The van der Waals surface area contributed by atoms with Gasteiger partial charge in [-0.15, -0.1) is 0 Å². The molecule has 0 heterocycles. The molecule has 0 spiro atoms. The number of ether oxygens (including phenoxy) is 1. The third kappa shape index (κ3) is 3.23. The highest BCUT2D eigenvalue weighted by Crippen LogP contribution is 2.15. The molecule has 72 valence electrons. The molecule has 14 heavy (non-hydrogen) atoms. The molecule has 0 radical (unpaired) electrons. The topological polar surface area (TPSA) is 33.0 Å². The number of hydrogen-bond donors (Lipinski definition) is 0. The zero-order valence-electron chi connectivity index (χ0n) is 7.15. The molecule has 0 bridgehead atoms. The van der Waals surface area contributed by atoms with Crippen molar-refractivity contribution in [1.82, 2.24) is 0 Å². The molecule has 0 fully saturated rings. The molecular formula is C10H7F2NO. The summed E-state index contributed by atoms with van der Waals surface area (Å²) in [6.07, 6.45) is 2.88. The van der Waals surface area contributed by atoms with Gasteiger partial charge in [0.25, 0.3) is 0 Å². The van der Waals surface area contributed by atoms with E-state index in [0.29, 0.717) is 0 Å². The van der Waals surface area contributed by atoms with E-state index in [1.807, 2.05) is 6.07 Å². The van der Waals surface area contributed by atoms with E-state index in [0.717, 1.165) is 5.56 Å². The van der Waals surface area contributed by atoms with Gasteiger partial charge < -0.3 is 4.74 Å². The molecule has 1 aromatic rings. The molecule has 4 heteroatoms. The maximum Gasteiger partial charge on any atom is 0.387 e. The van der Waals surface area contributed by atoms with Crippen LogP contribution in [0.4, 0.5) is 8.78 Å². The summed E-state index contributed by atoms with van der Waals surface area (Å²) < 4.78 is 27.6. The Bertz CT molecular complexity index is 351. The molecule has 0 aliphatic rings. The van der Waals surface area contributed by atoms with Gasteiger partial charge in [-0.25, -0.2) is 0 Å². The van der Waals surface area contributed by atoms with Crippen molar-refractivity contribution in [2.24, 2.45) is 0 Å². The fourth-order valence-electron chi connectivity index (χ4n) is 0.894. The van der Waals surface area contributed by atoms with Gasteiger partial charge in [0.15, 0.2) is 0 Å². The lowest BCUT2D eigenvalue weighted by atomic mass is 10.2. The molecular weight excluding hydrogens is 188 g/mol. The van der Waals surface area contributed by atoms with Gasteiger partial charge in [-0.1, -0.05) is 12.1 Å². The highest BCUT2D eigenvalue weighted by Gasteiger charge is 2.02. The number of halogens is 2. The Morgan fingerprint density at radius 3 is 2.43 bits per heavy atom. The molecule has 0 unspecified atom stereocenters. The molecule has 0 aliphatic carbocycles. The van der Waals surface area contributed by atoms with Crippen LogP contribution in [0.5, 0.6) is 5.75 Å². The average Bonchev–Trinajstić information content (AvgIpc) is 2.16. The van der Waals surface area contributed by atoms with Crippen LogP contribution in [-0.4, -0.2) is 6.61 Å². The fraction of sp³-hybridized carbons (Fsp3) is 0.100. The SMILES string of the molecule is N#CC=Cc1ccc(OC(F)F)cc1. The normalized spacial score (nSPS) is 10.4. The van der Waals surface area contributed by atoms with Crippen LogP contribution in [-0.2, 0) is 0 Å². The van der Waals surface area contributed by atoms with E-state index < -0.39 is 6.61 Å². The Balaban J connectivity index is 2.69. The summed E-state index contributed by atoms with van der Waals surface area (Å²) in [7, 11) is 0. The van der Waals surface area contributed by atoms with Crippen LogP contribution in [0.3, 0.4) is 0 Å². The Morgan fingerprint density at radius 2 is 1.93 bits per heavy atom. The number of rotatable bonds is 3. The number of alkyl halides is 2. The summed E-state index contributed by atoms with van der Waals surface area (Å²) in [5, 5.41) is 8.24. The van der Waals surface area contributed by atoms with E-state index in [2.05, 4.69) is 4.74 Å². The summed E-state index contributed by atoms with van der Waals surface area (Å²) in [4.78, 5) is 0. The standard InChI is InChI=1S/C10H7F2NO/c11-10(12)14-9-5-3-8(4-6-9)2-1-7-13/h1-6,10H. The summed E-state index contributed by atoms with van der Waals surface area (Å²) in [6, 6.07) is 7.85. The fourth-order valence-corrected chi connectivity index (χ4v) is 0.894. The highest BCUT2D eigenvalue weighted by molar-refractivity contribution is 5.52. The molecule has 0 saturated heterocycles. The predicted octanol–water partition coefficient (Wildman–Crippen LogP) is 2.82. The molecule has 0 N–H and O–H groups in total. The molecule has 0 aromatic heterocycles. The van der Waals surface area contributed by atoms with Gasteiger partial charge in [-0.2, -0.15) is 14.0 Å². The van der Waals surface area contributed by atoms with Crippen molar-refractivity contribution in [3.05, 3.63) is 35.9 Å². The van der Waals surface area contributed by atoms with Crippen LogP contribution in [0.2, 0.25) is 0 Å². The first-order chi connectivity index (χ1) is 6.72. The molecule has 0 atom stereocenters. The van der Waals surface area contributed by atoms with E-state index in [4.69, 9.17) is 5.26 Å². The first kappa shape index (κ1) is 10.2. The van der Waals surface area contributed by atoms with Crippen LogP contribution in [0.25, 0.3) is 6.08 Å². The lowest BCUT2D eigenvalue weighted by Crippen LogP contribution is -2.01. The van der Waals surface area contributed by atoms with Crippen LogP contribution < -0.4 is 4.74 Å². The maximum absolute atomic E-state index is 11.7. The summed E-state index contributed by atoms with van der Waals surface area (Å²) >= 11 is 0. The third-order valence-electron chi connectivity index (χ3n) is 1.46. The van der Waals surface area contributed by atoms with Crippen molar-refractivity contribution in [3.8, 4) is 11.8 Å². The minimum Gasteiger partial charge on any atom is -0.435 e. The number of benzene rings is 1. The van der Waals surface area contributed by atoms with Crippen molar-refractivity contribution in [1.29, 1.82) is 5.26 Å². The second-order valence-corrected chi connectivity index (χ2v) is 2.41. The van der Waals surface area contributed by atoms with Gasteiger partial charge in [0.05, 0.1) is 6.07 Å². The van der Waals surface area contributed by atoms with Crippen LogP contribution in [0.15, 0.2) is 30.3 Å². The monoisotopic (exact) mass is 195 g/mol. The van der Waals surface area contributed by atoms with E-state index in [-0.39, 0.29) is 5.75 Å². The molecule has 0 saturated carbocycles. The minimum absolute atomic E-state index is 0.106. The molecule has 2 nitrogen and oxygen atoms in total. The van der Waals surface area contributed by atoms with E-state index in [1.165, 1.54) is 18.2 Å². The quantitative estimate of drug-likeness (QED) is 0.695. The summed E-state index contributed by atoms with van der Waals surface area (Å²) in [5.41, 5.74) is 0.758. The van der Waals surface area contributed by atoms with E-state index in [9.17, 15) is 8.78 Å². The van der Waals surface area contributed by atoms with Gasteiger partial charge in [-0.3, -0.25) is 0 Å². The number of allylic oxidation sites excluding steroid dienone is 1. The minimum atomic E-state index is -2.81. The van der Waals surface area contributed by atoms with Crippen LogP contribution >= 0.6 is 0 Å². The van der Waals surface area contributed by atoms with Gasteiger partial charge >= 0.3 is 6.61 Å². The van der Waals surface area contributed by atoms with Crippen LogP contribution in [0, 0.1) is 11.3 Å². The Kier molecular flexibility index (Phi) is 3.62. The van der Waals surface area contributed by atoms with Crippen LogP contribution in [0.1, 0.15) is 5.56 Å². The van der Waals surface area contributed by atoms with Crippen molar-refractivity contribution in [2.45, 2.75) is 6.61 Å². The van der Waals surface area contributed by atoms with Crippen molar-refractivity contribution in [3.63, 3.8) is 0 Å². The molecule has 0 amide bonds. The summed E-state index contributed by atoms with van der Waals surface area (Å²) in [5.74, 6) is 0.106. The van der Waals surface area contributed by atoms with Gasteiger partial charge in [0, 0.05) is 6.08 Å². The second kappa shape index (κ2) is 4.97. The Morgan fingerprint density at radius 1 is 1.29 bits per heavy atom. The average molecular weight is 195 g/mol. The lowest BCUT2D eigenvalue weighted by Gasteiger charge is -2.03. The van der Waals surface area contributed by atoms with E-state index in [1.54, 1.807) is 18.2 Å². The lowest BCUT2D eigenvalue weighted by molar-refractivity contribution is -0.0498. The molecule has 0 aliphatic heterocycles. The zero-order chi connectivity index (χ0) is 10.4. The maximum atomic E-state index is 11.7.